The van der Waals surface area contributed by atoms with Crippen molar-refractivity contribution in [2.24, 2.45) is 0 Å². The third-order valence-electron chi connectivity index (χ3n) is 2.92. The molecule has 0 bridgehead atoms. The molecule has 0 atom stereocenters. The van der Waals surface area contributed by atoms with Crippen LogP contribution < -0.4 is 0 Å². The van der Waals surface area contributed by atoms with E-state index in [1.165, 1.54) is 6.26 Å². The molecule has 0 fully saturated rings. The molecule has 0 saturated heterocycles. The maximum atomic E-state index is 11.7. The Labute approximate surface area is 108 Å². The van der Waals surface area contributed by atoms with Crippen LogP contribution >= 0.6 is 0 Å². The van der Waals surface area contributed by atoms with Gasteiger partial charge in [0.05, 0.1) is 0 Å². The summed E-state index contributed by atoms with van der Waals surface area (Å²) in [6.07, 6.45) is 2.87. The first-order valence-electron chi connectivity index (χ1n) is 5.79. The van der Waals surface area contributed by atoms with Gasteiger partial charge in [0.25, 0.3) is 0 Å². The average Bonchev–Trinajstić information content (AvgIpc) is 2.24. The molecule has 1 aromatic carbocycles. The van der Waals surface area contributed by atoms with Gasteiger partial charge in [-0.05, 0) is 16.4 Å². The van der Waals surface area contributed by atoms with E-state index >= 15 is 0 Å². The SMILES string of the molecule is CC(C)(C)c1cnc(S(C)(=O)=O)c2ccccc12. The highest BCUT2D eigenvalue weighted by Gasteiger charge is 2.21. The molecule has 0 unspecified atom stereocenters. The molecule has 96 valence electrons. The quantitative estimate of drug-likeness (QED) is 0.794. The highest BCUT2D eigenvalue weighted by molar-refractivity contribution is 7.90. The molecule has 1 aromatic heterocycles. The second kappa shape index (κ2) is 4.05. The Morgan fingerprint density at radius 1 is 1.06 bits per heavy atom. The van der Waals surface area contributed by atoms with Crippen LogP contribution in [0.4, 0.5) is 0 Å². The molecule has 0 aliphatic rings. The fourth-order valence-electron chi connectivity index (χ4n) is 2.06. The largest absolute Gasteiger partial charge is 0.244 e. The molecule has 3 nitrogen and oxygen atoms in total. The van der Waals surface area contributed by atoms with Crippen molar-refractivity contribution in [3.05, 3.63) is 36.0 Å². The summed E-state index contributed by atoms with van der Waals surface area (Å²) < 4.78 is 23.5. The summed E-state index contributed by atoms with van der Waals surface area (Å²) in [6, 6.07) is 7.52. The van der Waals surface area contributed by atoms with E-state index in [4.69, 9.17) is 0 Å². The number of hydrogen-bond donors (Lipinski definition) is 0. The van der Waals surface area contributed by atoms with E-state index in [9.17, 15) is 8.42 Å². The van der Waals surface area contributed by atoms with E-state index in [0.717, 1.165) is 10.9 Å². The van der Waals surface area contributed by atoms with Crippen molar-refractivity contribution in [3.63, 3.8) is 0 Å². The number of nitrogens with zero attached hydrogens (tertiary/aromatic N) is 1. The van der Waals surface area contributed by atoms with Gasteiger partial charge in [-0.1, -0.05) is 45.0 Å². The normalized spacial score (nSPS) is 12.9. The number of rotatable bonds is 1. The topological polar surface area (TPSA) is 47.0 Å². The molecule has 18 heavy (non-hydrogen) atoms. The van der Waals surface area contributed by atoms with E-state index in [0.29, 0.717) is 5.39 Å². The summed E-state index contributed by atoms with van der Waals surface area (Å²) in [4.78, 5) is 4.16. The van der Waals surface area contributed by atoms with Gasteiger partial charge < -0.3 is 0 Å². The first-order chi connectivity index (χ1) is 8.21. The van der Waals surface area contributed by atoms with Crippen LogP contribution in [0.15, 0.2) is 35.5 Å². The molecule has 2 aromatic rings. The summed E-state index contributed by atoms with van der Waals surface area (Å²) in [7, 11) is -3.30. The summed E-state index contributed by atoms with van der Waals surface area (Å²) >= 11 is 0. The highest BCUT2D eigenvalue weighted by atomic mass is 32.2. The molecule has 1 heterocycles. The second-order valence-corrected chi connectivity index (χ2v) is 7.48. The first-order valence-corrected chi connectivity index (χ1v) is 7.68. The van der Waals surface area contributed by atoms with E-state index in [1.54, 1.807) is 6.20 Å². The van der Waals surface area contributed by atoms with Gasteiger partial charge in [0.15, 0.2) is 14.9 Å². The monoisotopic (exact) mass is 263 g/mol. The van der Waals surface area contributed by atoms with Gasteiger partial charge in [-0.15, -0.1) is 0 Å². The Kier molecular flexibility index (Phi) is 2.93. The minimum Gasteiger partial charge on any atom is -0.244 e. The molecule has 2 rings (SSSR count). The molecule has 0 aliphatic carbocycles. The molecule has 0 aliphatic heterocycles. The minimum absolute atomic E-state index is 0.0668. The van der Waals surface area contributed by atoms with Gasteiger partial charge in [-0.25, -0.2) is 13.4 Å². The standard InChI is InChI=1S/C14H17NO2S/c1-14(2,3)12-9-15-13(18(4,16)17)11-8-6-5-7-10(11)12/h5-9H,1-4H3. The predicted molar refractivity (Wildman–Crippen MR) is 73.6 cm³/mol. The van der Waals surface area contributed by atoms with Gasteiger partial charge in [-0.3, -0.25) is 0 Å². The molecular weight excluding hydrogens is 246 g/mol. The smallest absolute Gasteiger partial charge is 0.193 e. The lowest BCUT2D eigenvalue weighted by molar-refractivity contribution is 0.587. The summed E-state index contributed by atoms with van der Waals surface area (Å²) in [5, 5.41) is 1.82. The molecular formula is C14H17NO2S. The van der Waals surface area contributed by atoms with Gasteiger partial charge in [0, 0.05) is 17.8 Å². The zero-order valence-corrected chi connectivity index (χ0v) is 11.9. The zero-order chi connectivity index (χ0) is 13.6. The molecule has 0 amide bonds. The van der Waals surface area contributed by atoms with Crippen LogP contribution in [-0.2, 0) is 15.3 Å². The number of fused-ring (bicyclic) bond motifs is 1. The van der Waals surface area contributed by atoms with E-state index in [1.807, 2.05) is 24.3 Å². The fourth-order valence-corrected chi connectivity index (χ4v) is 2.88. The first kappa shape index (κ1) is 13.0. The van der Waals surface area contributed by atoms with Crippen molar-refractivity contribution in [2.45, 2.75) is 31.2 Å². The van der Waals surface area contributed by atoms with Crippen LogP contribution in [0, 0.1) is 0 Å². The van der Waals surface area contributed by atoms with Crippen LogP contribution in [0.1, 0.15) is 26.3 Å². The average molecular weight is 263 g/mol. The number of benzene rings is 1. The minimum atomic E-state index is -3.30. The van der Waals surface area contributed by atoms with Crippen LogP contribution in [0.5, 0.6) is 0 Å². The number of hydrogen-bond acceptors (Lipinski definition) is 3. The van der Waals surface area contributed by atoms with Gasteiger partial charge in [0.2, 0.25) is 0 Å². The molecule has 0 N–H and O–H groups in total. The Hall–Kier alpha value is -1.42. The maximum absolute atomic E-state index is 11.7. The Bertz CT molecular complexity index is 697. The van der Waals surface area contributed by atoms with Crippen LogP contribution in [-0.4, -0.2) is 19.7 Å². The van der Waals surface area contributed by atoms with Crippen LogP contribution in [0.3, 0.4) is 0 Å². The lowest BCUT2D eigenvalue weighted by atomic mass is 9.85. The van der Waals surface area contributed by atoms with Crippen molar-refractivity contribution in [2.75, 3.05) is 6.26 Å². The van der Waals surface area contributed by atoms with Crippen molar-refractivity contribution in [1.29, 1.82) is 0 Å². The van der Waals surface area contributed by atoms with Crippen LogP contribution in [0.2, 0.25) is 0 Å². The van der Waals surface area contributed by atoms with Crippen LogP contribution in [0.25, 0.3) is 10.8 Å². The van der Waals surface area contributed by atoms with Crippen molar-refractivity contribution in [1.82, 2.24) is 4.98 Å². The van der Waals surface area contributed by atoms with Gasteiger partial charge in [-0.2, -0.15) is 0 Å². The molecule has 0 saturated carbocycles. The Morgan fingerprint density at radius 2 is 1.61 bits per heavy atom. The van der Waals surface area contributed by atoms with Crippen molar-refractivity contribution in [3.8, 4) is 0 Å². The lowest BCUT2D eigenvalue weighted by Gasteiger charge is -2.21. The lowest BCUT2D eigenvalue weighted by Crippen LogP contribution is -2.14. The number of aromatic nitrogens is 1. The van der Waals surface area contributed by atoms with Crippen molar-refractivity contribution >= 4 is 20.6 Å². The van der Waals surface area contributed by atoms with E-state index < -0.39 is 9.84 Å². The maximum Gasteiger partial charge on any atom is 0.193 e. The van der Waals surface area contributed by atoms with E-state index in [-0.39, 0.29) is 10.4 Å². The third-order valence-corrected chi connectivity index (χ3v) is 3.95. The van der Waals surface area contributed by atoms with Gasteiger partial charge >= 0.3 is 0 Å². The van der Waals surface area contributed by atoms with Gasteiger partial charge in [0.1, 0.15) is 0 Å². The highest BCUT2D eigenvalue weighted by Crippen LogP contribution is 2.31. The Morgan fingerprint density at radius 3 is 2.11 bits per heavy atom. The molecule has 0 spiro atoms. The third kappa shape index (κ3) is 2.25. The fraction of sp³-hybridized carbons (Fsp3) is 0.357. The molecule has 0 radical (unpaired) electrons. The Balaban J connectivity index is 2.92. The number of sulfone groups is 1. The second-order valence-electron chi connectivity index (χ2n) is 5.54. The predicted octanol–water partition coefficient (Wildman–Crippen LogP) is 2.94. The van der Waals surface area contributed by atoms with E-state index in [2.05, 4.69) is 25.8 Å². The van der Waals surface area contributed by atoms with Crippen molar-refractivity contribution < 1.29 is 8.42 Å². The summed E-state index contributed by atoms with van der Waals surface area (Å²) in [5.74, 6) is 0. The number of pyridine rings is 1. The molecule has 4 heteroatoms. The zero-order valence-electron chi connectivity index (χ0n) is 11.1. The summed E-state index contributed by atoms with van der Waals surface area (Å²) in [5.41, 5.74) is 0.994. The summed E-state index contributed by atoms with van der Waals surface area (Å²) in [6.45, 7) is 6.28.